The normalized spacial score (nSPS) is 11.7. The number of ether oxygens (including phenoxy) is 1. The fraction of sp³-hybridized carbons (Fsp3) is 0.200. The number of esters is 1. The quantitative estimate of drug-likeness (QED) is 0.223. The van der Waals surface area contributed by atoms with Gasteiger partial charge in [0.15, 0.2) is 5.57 Å². The Morgan fingerprint density at radius 1 is 1.13 bits per heavy atom. The number of benzene rings is 2. The van der Waals surface area contributed by atoms with Crippen molar-refractivity contribution in [2.75, 3.05) is 19.5 Å². The van der Waals surface area contributed by atoms with Crippen LogP contribution in [0.25, 0.3) is 11.3 Å². The molecule has 2 rings (SSSR count). The lowest BCUT2D eigenvalue weighted by Gasteiger charge is -2.14. The van der Waals surface area contributed by atoms with Crippen LogP contribution in [0, 0.1) is 12.3 Å². The molecule has 0 aliphatic rings. The van der Waals surface area contributed by atoms with Gasteiger partial charge in [-0.05, 0) is 68.5 Å². The van der Waals surface area contributed by atoms with Crippen molar-refractivity contribution in [2.45, 2.75) is 20.8 Å². The number of terminal acetylenes is 1. The van der Waals surface area contributed by atoms with Crippen LogP contribution in [0.1, 0.15) is 31.9 Å². The summed E-state index contributed by atoms with van der Waals surface area (Å²) in [6, 6.07) is 15.2. The van der Waals surface area contributed by atoms with E-state index in [1.165, 1.54) is 7.11 Å². The van der Waals surface area contributed by atoms with Crippen LogP contribution in [0.3, 0.4) is 0 Å². The number of allylic oxidation sites excluding steroid dienone is 2. The number of aliphatic imine (C=N–C) groups is 1. The van der Waals surface area contributed by atoms with Gasteiger partial charge in [0.2, 0.25) is 0 Å². The third-order valence-electron chi connectivity index (χ3n) is 4.22. The van der Waals surface area contributed by atoms with Crippen LogP contribution in [0.15, 0.2) is 65.2 Å². The zero-order valence-electron chi connectivity index (χ0n) is 18.1. The third kappa shape index (κ3) is 6.68. The van der Waals surface area contributed by atoms with Gasteiger partial charge in [0.25, 0.3) is 0 Å². The summed E-state index contributed by atoms with van der Waals surface area (Å²) in [5, 5.41) is 13.9. The van der Waals surface area contributed by atoms with E-state index in [0.717, 1.165) is 22.5 Å². The molecule has 0 saturated carbocycles. The van der Waals surface area contributed by atoms with Gasteiger partial charge in [-0.15, -0.1) is 6.42 Å². The van der Waals surface area contributed by atoms with Crippen LogP contribution in [0.2, 0.25) is 0 Å². The number of aliphatic hydroxyl groups is 1. The molecule has 0 amide bonds. The van der Waals surface area contributed by atoms with Gasteiger partial charge in [0, 0.05) is 24.0 Å². The molecule has 0 bridgehead atoms. The van der Waals surface area contributed by atoms with Crippen molar-refractivity contribution in [3.05, 3.63) is 71.3 Å². The lowest BCUT2D eigenvalue weighted by molar-refractivity contribution is -0.135. The topological polar surface area (TPSA) is 70.9 Å². The predicted molar refractivity (Wildman–Crippen MR) is 126 cm³/mol. The highest BCUT2D eigenvalue weighted by atomic mass is 16.5. The summed E-state index contributed by atoms with van der Waals surface area (Å²) in [7, 11) is 2.97. The number of carbonyl (C=O) groups excluding carboxylic acids is 1. The summed E-state index contributed by atoms with van der Waals surface area (Å²) in [4.78, 5) is 15.4. The molecule has 2 aromatic rings. The standard InChI is InChI=1S/C22H21NO3.C3H7N/c1-5-15(3)20-14-17(23-16-10-8-7-9-11-16)12-13-19(20)21(24)18(6-2)22(25)26-4;1-3-4-2/h2,5,7-14,23-24H,1,3-4H3;3H,1-2H3/b15-5-,21-18-;. The Bertz CT molecular complexity index is 977. The molecule has 0 saturated heterocycles. The van der Waals surface area contributed by atoms with Gasteiger partial charge in [-0.2, -0.15) is 0 Å². The van der Waals surface area contributed by atoms with E-state index in [9.17, 15) is 9.90 Å². The zero-order valence-corrected chi connectivity index (χ0v) is 18.1. The van der Waals surface area contributed by atoms with Crippen LogP contribution in [-0.2, 0) is 9.53 Å². The molecule has 0 unspecified atom stereocenters. The fourth-order valence-corrected chi connectivity index (χ4v) is 2.46. The smallest absolute Gasteiger partial charge is 0.350 e. The van der Waals surface area contributed by atoms with Crippen molar-refractivity contribution < 1.29 is 14.6 Å². The van der Waals surface area contributed by atoms with E-state index in [1.54, 1.807) is 19.3 Å². The van der Waals surface area contributed by atoms with Gasteiger partial charge in [-0.1, -0.05) is 30.2 Å². The van der Waals surface area contributed by atoms with Gasteiger partial charge < -0.3 is 20.2 Å². The monoisotopic (exact) mass is 404 g/mol. The van der Waals surface area contributed by atoms with Crippen molar-refractivity contribution in [3.8, 4) is 12.3 Å². The Morgan fingerprint density at radius 3 is 2.27 bits per heavy atom. The molecule has 2 N–H and O–H groups in total. The maximum absolute atomic E-state index is 11.8. The molecule has 156 valence electrons. The summed E-state index contributed by atoms with van der Waals surface area (Å²) in [6.45, 7) is 5.71. The van der Waals surface area contributed by atoms with Gasteiger partial charge in [0.1, 0.15) is 5.76 Å². The van der Waals surface area contributed by atoms with Gasteiger partial charge in [0.05, 0.1) is 7.11 Å². The van der Waals surface area contributed by atoms with Crippen LogP contribution in [-0.4, -0.2) is 31.4 Å². The molecule has 0 radical (unpaired) electrons. The highest BCUT2D eigenvalue weighted by Crippen LogP contribution is 2.30. The van der Waals surface area contributed by atoms with Crippen LogP contribution in [0.4, 0.5) is 11.4 Å². The average molecular weight is 405 g/mol. The number of methoxy groups -OCH3 is 1. The molecule has 5 heteroatoms. The minimum Gasteiger partial charge on any atom is -0.506 e. The SMILES string of the molecule is C#C/C(C(=O)OC)=C(/O)c1ccc(Nc2ccccc2)cc1/C(C)=C\C.CC=NC. The maximum Gasteiger partial charge on any atom is 0.350 e. The number of hydrogen-bond donors (Lipinski definition) is 2. The molecule has 0 spiro atoms. The second-order valence-corrected chi connectivity index (χ2v) is 6.10. The molecule has 30 heavy (non-hydrogen) atoms. The van der Waals surface area contributed by atoms with E-state index < -0.39 is 5.97 Å². The van der Waals surface area contributed by atoms with Gasteiger partial charge in [-0.3, -0.25) is 0 Å². The number of nitrogens with one attached hydrogen (secondary N) is 1. The van der Waals surface area contributed by atoms with Crippen LogP contribution in [0.5, 0.6) is 0 Å². The lowest BCUT2D eigenvalue weighted by atomic mass is 9.96. The Hall–Kier alpha value is -3.78. The molecular formula is C25H28N2O3. The number of aliphatic hydroxyl groups excluding tert-OH is 1. The predicted octanol–water partition coefficient (Wildman–Crippen LogP) is 5.64. The Balaban J connectivity index is 0.00000103. The van der Waals surface area contributed by atoms with Crippen molar-refractivity contribution in [1.29, 1.82) is 0 Å². The first kappa shape index (κ1) is 24.3. The maximum atomic E-state index is 11.8. The second-order valence-electron chi connectivity index (χ2n) is 6.10. The summed E-state index contributed by atoms with van der Waals surface area (Å²) >= 11 is 0. The molecule has 0 aromatic heterocycles. The van der Waals surface area contributed by atoms with E-state index in [4.69, 9.17) is 6.42 Å². The summed E-state index contributed by atoms with van der Waals surface area (Å²) in [5.41, 5.74) is 3.76. The van der Waals surface area contributed by atoms with Crippen LogP contribution < -0.4 is 5.32 Å². The molecule has 2 aromatic carbocycles. The van der Waals surface area contributed by atoms with E-state index in [0.29, 0.717) is 5.56 Å². The second kappa shape index (κ2) is 12.6. The zero-order chi connectivity index (χ0) is 22.5. The molecule has 5 nitrogen and oxygen atoms in total. The van der Waals surface area contributed by atoms with Crippen molar-refractivity contribution in [3.63, 3.8) is 0 Å². The first-order chi connectivity index (χ1) is 14.4. The van der Waals surface area contributed by atoms with Crippen LogP contribution >= 0.6 is 0 Å². The van der Waals surface area contributed by atoms with E-state index in [2.05, 4.69) is 21.0 Å². The van der Waals surface area contributed by atoms with Gasteiger partial charge >= 0.3 is 5.97 Å². The Kier molecular flexibility index (Phi) is 10.2. The third-order valence-corrected chi connectivity index (χ3v) is 4.22. The number of nitrogens with zero attached hydrogens (tertiary/aromatic N) is 1. The largest absolute Gasteiger partial charge is 0.506 e. The number of anilines is 2. The fourth-order valence-electron chi connectivity index (χ4n) is 2.46. The minimum absolute atomic E-state index is 0.207. The molecule has 0 aliphatic carbocycles. The van der Waals surface area contributed by atoms with Gasteiger partial charge in [-0.25, -0.2) is 4.79 Å². The number of para-hydroxylation sites is 1. The highest BCUT2D eigenvalue weighted by molar-refractivity contribution is 6.01. The minimum atomic E-state index is -0.749. The Morgan fingerprint density at radius 2 is 1.77 bits per heavy atom. The molecule has 0 heterocycles. The first-order valence-corrected chi connectivity index (χ1v) is 9.38. The van der Waals surface area contributed by atoms with E-state index in [-0.39, 0.29) is 11.3 Å². The highest BCUT2D eigenvalue weighted by Gasteiger charge is 2.18. The Labute approximate surface area is 178 Å². The van der Waals surface area contributed by atoms with Crippen molar-refractivity contribution >= 4 is 34.9 Å². The average Bonchev–Trinajstić information content (AvgIpc) is 2.79. The lowest BCUT2D eigenvalue weighted by Crippen LogP contribution is -2.07. The number of hydrogen-bond acceptors (Lipinski definition) is 5. The first-order valence-electron chi connectivity index (χ1n) is 9.38. The number of rotatable bonds is 5. The van der Waals surface area contributed by atoms with E-state index >= 15 is 0 Å². The summed E-state index contributed by atoms with van der Waals surface area (Å²) < 4.78 is 4.65. The van der Waals surface area contributed by atoms with Crippen molar-refractivity contribution in [1.82, 2.24) is 0 Å². The van der Waals surface area contributed by atoms with Crippen molar-refractivity contribution in [2.24, 2.45) is 4.99 Å². The molecular weight excluding hydrogens is 376 g/mol. The summed E-state index contributed by atoms with van der Waals surface area (Å²) in [5.74, 6) is 1.18. The molecule has 0 fully saturated rings. The summed E-state index contributed by atoms with van der Waals surface area (Å²) in [6.07, 6.45) is 9.06. The molecule has 0 aliphatic heterocycles. The number of carbonyl (C=O) groups is 1. The molecule has 0 atom stereocenters. The van der Waals surface area contributed by atoms with E-state index in [1.807, 2.05) is 69.3 Å².